The molecule has 2 heteroatoms. The molecule has 1 saturated carbocycles. The minimum absolute atomic E-state index is 0.161. The number of carbonyl (C=O) groups excluding carboxylic acids is 1. The van der Waals surface area contributed by atoms with E-state index in [1.165, 1.54) is 24.8 Å². The maximum absolute atomic E-state index is 13.2. The van der Waals surface area contributed by atoms with Gasteiger partial charge in [0.25, 0.3) is 0 Å². The standard InChI is InChI=1S/C19H27NO/c1-2-10-19(11-5-12-20-14-19)18(21)17-9-4-8-16(13-17)15-6-3-7-15/h4,8-9,13,15,20H,2-3,5-7,10-12,14H2,1H3. The van der Waals surface area contributed by atoms with E-state index in [1.54, 1.807) is 0 Å². The van der Waals surface area contributed by atoms with Crippen molar-refractivity contribution in [3.63, 3.8) is 0 Å². The number of hydrogen-bond acceptors (Lipinski definition) is 2. The summed E-state index contributed by atoms with van der Waals surface area (Å²) in [5, 5.41) is 3.45. The van der Waals surface area contributed by atoms with Crippen molar-refractivity contribution in [1.82, 2.24) is 5.32 Å². The van der Waals surface area contributed by atoms with Crippen LogP contribution in [0.3, 0.4) is 0 Å². The van der Waals surface area contributed by atoms with Crippen LogP contribution in [0.2, 0.25) is 0 Å². The first-order valence-corrected chi connectivity index (χ1v) is 8.61. The number of ketones is 1. The van der Waals surface area contributed by atoms with Crippen LogP contribution >= 0.6 is 0 Å². The lowest BCUT2D eigenvalue weighted by Gasteiger charge is -2.36. The number of carbonyl (C=O) groups is 1. The molecule has 1 heterocycles. The van der Waals surface area contributed by atoms with E-state index in [4.69, 9.17) is 0 Å². The Kier molecular flexibility index (Phi) is 4.44. The molecule has 1 atom stereocenters. The summed E-state index contributed by atoms with van der Waals surface area (Å²) in [4.78, 5) is 13.2. The van der Waals surface area contributed by atoms with Crippen LogP contribution in [-0.4, -0.2) is 18.9 Å². The molecular weight excluding hydrogens is 258 g/mol. The lowest BCUT2D eigenvalue weighted by molar-refractivity contribution is 0.0718. The lowest BCUT2D eigenvalue weighted by Crippen LogP contribution is -2.45. The quantitative estimate of drug-likeness (QED) is 0.817. The third kappa shape index (κ3) is 2.91. The van der Waals surface area contributed by atoms with Crippen molar-refractivity contribution in [3.05, 3.63) is 35.4 Å². The highest BCUT2D eigenvalue weighted by Gasteiger charge is 2.39. The number of rotatable bonds is 5. The molecule has 1 unspecified atom stereocenters. The van der Waals surface area contributed by atoms with Crippen molar-refractivity contribution in [2.45, 2.75) is 57.8 Å². The fourth-order valence-corrected chi connectivity index (χ4v) is 3.95. The SMILES string of the molecule is CCCC1(C(=O)c2cccc(C3CCC3)c2)CCCNC1. The van der Waals surface area contributed by atoms with Gasteiger partial charge in [-0.25, -0.2) is 0 Å². The Hall–Kier alpha value is -1.15. The van der Waals surface area contributed by atoms with Crippen LogP contribution in [0.15, 0.2) is 24.3 Å². The van der Waals surface area contributed by atoms with E-state index in [1.807, 2.05) is 6.07 Å². The Balaban J connectivity index is 1.85. The summed E-state index contributed by atoms with van der Waals surface area (Å²) in [5.74, 6) is 1.07. The fraction of sp³-hybridized carbons (Fsp3) is 0.632. The first-order chi connectivity index (χ1) is 10.2. The van der Waals surface area contributed by atoms with Crippen LogP contribution in [0, 0.1) is 5.41 Å². The Bertz CT molecular complexity index is 493. The van der Waals surface area contributed by atoms with E-state index in [9.17, 15) is 4.79 Å². The van der Waals surface area contributed by atoms with Crippen LogP contribution in [0.25, 0.3) is 0 Å². The van der Waals surface area contributed by atoms with Gasteiger partial charge in [-0.15, -0.1) is 0 Å². The number of benzene rings is 1. The maximum Gasteiger partial charge on any atom is 0.170 e. The predicted molar refractivity (Wildman–Crippen MR) is 86.8 cm³/mol. The summed E-state index contributed by atoms with van der Waals surface area (Å²) in [6.07, 6.45) is 8.17. The van der Waals surface area contributed by atoms with Crippen molar-refractivity contribution in [2.75, 3.05) is 13.1 Å². The second-order valence-electron chi connectivity index (χ2n) is 6.89. The molecule has 2 aliphatic rings. The molecule has 3 rings (SSSR count). The van der Waals surface area contributed by atoms with Crippen molar-refractivity contribution in [2.24, 2.45) is 5.41 Å². The van der Waals surface area contributed by atoms with Crippen molar-refractivity contribution in [3.8, 4) is 0 Å². The van der Waals surface area contributed by atoms with E-state index in [0.717, 1.165) is 44.3 Å². The Morgan fingerprint density at radius 1 is 1.33 bits per heavy atom. The maximum atomic E-state index is 13.2. The van der Waals surface area contributed by atoms with Gasteiger partial charge in [0.2, 0.25) is 0 Å². The molecule has 0 amide bonds. The molecule has 114 valence electrons. The van der Waals surface area contributed by atoms with Gasteiger partial charge in [-0.2, -0.15) is 0 Å². The van der Waals surface area contributed by atoms with E-state index in [2.05, 4.69) is 30.4 Å². The van der Waals surface area contributed by atoms with Gasteiger partial charge in [0.1, 0.15) is 0 Å². The van der Waals surface area contributed by atoms with Gasteiger partial charge in [0.05, 0.1) is 0 Å². The van der Waals surface area contributed by atoms with Crippen LogP contribution in [-0.2, 0) is 0 Å². The largest absolute Gasteiger partial charge is 0.316 e. The highest BCUT2D eigenvalue weighted by molar-refractivity contribution is 6.01. The molecule has 0 spiro atoms. The smallest absolute Gasteiger partial charge is 0.170 e. The molecule has 1 aromatic rings. The van der Waals surface area contributed by atoms with E-state index < -0.39 is 0 Å². The van der Waals surface area contributed by atoms with E-state index in [0.29, 0.717) is 11.7 Å². The van der Waals surface area contributed by atoms with Crippen LogP contribution < -0.4 is 5.32 Å². The fourth-order valence-electron chi connectivity index (χ4n) is 3.95. The number of piperidine rings is 1. The molecule has 0 radical (unpaired) electrons. The normalized spacial score (nSPS) is 26.3. The second-order valence-corrected chi connectivity index (χ2v) is 6.89. The van der Waals surface area contributed by atoms with Gasteiger partial charge in [-0.3, -0.25) is 4.79 Å². The third-order valence-corrected chi connectivity index (χ3v) is 5.41. The topological polar surface area (TPSA) is 29.1 Å². The molecule has 21 heavy (non-hydrogen) atoms. The lowest BCUT2D eigenvalue weighted by atomic mass is 9.71. The first kappa shape index (κ1) is 14.8. The predicted octanol–water partition coefficient (Wildman–Crippen LogP) is 4.31. The number of nitrogens with one attached hydrogen (secondary N) is 1. The molecule has 1 aliphatic heterocycles. The molecular formula is C19H27NO. The van der Waals surface area contributed by atoms with E-state index >= 15 is 0 Å². The highest BCUT2D eigenvalue weighted by atomic mass is 16.1. The molecule has 1 N–H and O–H groups in total. The number of Topliss-reactive ketones (excluding diaryl/α,β-unsaturated/α-hetero) is 1. The first-order valence-electron chi connectivity index (χ1n) is 8.61. The third-order valence-electron chi connectivity index (χ3n) is 5.41. The summed E-state index contributed by atoms with van der Waals surface area (Å²) in [7, 11) is 0. The Morgan fingerprint density at radius 3 is 2.81 bits per heavy atom. The molecule has 1 aliphatic carbocycles. The summed E-state index contributed by atoms with van der Waals surface area (Å²) in [5.41, 5.74) is 2.16. The molecule has 0 aromatic heterocycles. The molecule has 2 fully saturated rings. The summed E-state index contributed by atoms with van der Waals surface area (Å²) in [6.45, 7) is 4.10. The van der Waals surface area contributed by atoms with Gasteiger partial charge in [0.15, 0.2) is 5.78 Å². The van der Waals surface area contributed by atoms with Crippen LogP contribution in [0.1, 0.15) is 73.7 Å². The van der Waals surface area contributed by atoms with Gasteiger partial charge in [-0.05, 0) is 56.2 Å². The van der Waals surface area contributed by atoms with Gasteiger partial charge >= 0.3 is 0 Å². The summed E-state index contributed by atoms with van der Waals surface area (Å²) >= 11 is 0. The molecule has 1 saturated heterocycles. The second kappa shape index (κ2) is 6.31. The monoisotopic (exact) mass is 285 g/mol. The minimum Gasteiger partial charge on any atom is -0.316 e. The van der Waals surface area contributed by atoms with Gasteiger partial charge < -0.3 is 5.32 Å². The average Bonchev–Trinajstić information content (AvgIpc) is 2.46. The number of hydrogen-bond donors (Lipinski definition) is 1. The molecule has 2 nitrogen and oxygen atoms in total. The zero-order valence-electron chi connectivity index (χ0n) is 13.2. The summed E-state index contributed by atoms with van der Waals surface area (Å²) < 4.78 is 0. The Morgan fingerprint density at radius 2 is 2.19 bits per heavy atom. The minimum atomic E-state index is -0.161. The Labute approximate surface area is 128 Å². The zero-order chi connectivity index (χ0) is 14.7. The van der Waals surface area contributed by atoms with Gasteiger partial charge in [-0.1, -0.05) is 38.0 Å². The molecule has 0 bridgehead atoms. The highest BCUT2D eigenvalue weighted by Crippen LogP contribution is 2.39. The van der Waals surface area contributed by atoms with Crippen molar-refractivity contribution >= 4 is 5.78 Å². The van der Waals surface area contributed by atoms with Gasteiger partial charge in [0, 0.05) is 17.5 Å². The van der Waals surface area contributed by atoms with Crippen LogP contribution in [0.4, 0.5) is 0 Å². The van der Waals surface area contributed by atoms with Crippen LogP contribution in [0.5, 0.6) is 0 Å². The van der Waals surface area contributed by atoms with Crippen molar-refractivity contribution in [1.29, 1.82) is 0 Å². The zero-order valence-corrected chi connectivity index (χ0v) is 13.2. The summed E-state index contributed by atoms with van der Waals surface area (Å²) in [6, 6.07) is 8.48. The van der Waals surface area contributed by atoms with Crippen molar-refractivity contribution < 1.29 is 4.79 Å². The molecule has 1 aromatic carbocycles. The average molecular weight is 285 g/mol. The van der Waals surface area contributed by atoms with E-state index in [-0.39, 0.29) is 5.41 Å².